The van der Waals surface area contributed by atoms with Crippen molar-refractivity contribution in [3.63, 3.8) is 0 Å². The smallest absolute Gasteiger partial charge is 0.241 e. The summed E-state index contributed by atoms with van der Waals surface area (Å²) in [6, 6.07) is 23.7. The van der Waals surface area contributed by atoms with Crippen LogP contribution in [-0.2, 0) is 21.2 Å². The average molecular weight is 453 g/mol. The van der Waals surface area contributed by atoms with Crippen molar-refractivity contribution in [2.75, 3.05) is 17.1 Å². The lowest BCUT2D eigenvalue weighted by molar-refractivity contribution is -0.120. The summed E-state index contributed by atoms with van der Waals surface area (Å²) < 4.78 is 31.6. The molecular formula is C25H28N2O4S. The number of anilines is 1. The van der Waals surface area contributed by atoms with Gasteiger partial charge in [0.15, 0.2) is 0 Å². The minimum atomic E-state index is -3.66. The molecule has 0 spiro atoms. The maximum absolute atomic E-state index is 12.6. The first-order valence-corrected chi connectivity index (χ1v) is 12.3. The average Bonchev–Trinajstić information content (AvgIpc) is 2.78. The molecule has 32 heavy (non-hydrogen) atoms. The van der Waals surface area contributed by atoms with E-state index in [4.69, 9.17) is 4.74 Å². The van der Waals surface area contributed by atoms with Crippen LogP contribution in [0.1, 0.15) is 31.0 Å². The number of carbonyl (C=O) groups excluding carboxylic acids is 1. The van der Waals surface area contributed by atoms with Crippen molar-refractivity contribution in [1.29, 1.82) is 0 Å². The Morgan fingerprint density at radius 3 is 2.09 bits per heavy atom. The maximum Gasteiger partial charge on any atom is 0.241 e. The van der Waals surface area contributed by atoms with E-state index in [1.165, 1.54) is 5.56 Å². The normalized spacial score (nSPS) is 12.1. The third kappa shape index (κ3) is 6.34. The molecule has 0 fully saturated rings. The first-order chi connectivity index (χ1) is 15.3. The van der Waals surface area contributed by atoms with Gasteiger partial charge in [-0.1, -0.05) is 49.4 Å². The number of aryl methyl sites for hydroxylation is 1. The first-order valence-electron chi connectivity index (χ1n) is 10.4. The summed E-state index contributed by atoms with van der Waals surface area (Å²) in [6.45, 7) is 3.65. The number of ether oxygens (including phenoxy) is 1. The van der Waals surface area contributed by atoms with Crippen LogP contribution in [0.25, 0.3) is 0 Å². The van der Waals surface area contributed by atoms with Gasteiger partial charge < -0.3 is 10.1 Å². The molecule has 3 rings (SSSR count). The van der Waals surface area contributed by atoms with Gasteiger partial charge in [0.05, 0.1) is 18.0 Å². The molecule has 3 aromatic rings. The molecule has 1 amide bonds. The van der Waals surface area contributed by atoms with Crippen LogP contribution in [0.3, 0.4) is 0 Å². The molecule has 0 aliphatic heterocycles. The van der Waals surface area contributed by atoms with Crippen molar-refractivity contribution in [1.82, 2.24) is 5.32 Å². The third-order valence-electron chi connectivity index (χ3n) is 5.06. The van der Waals surface area contributed by atoms with Gasteiger partial charge in [-0.3, -0.25) is 9.10 Å². The topological polar surface area (TPSA) is 75.7 Å². The number of carbonyl (C=O) groups is 1. The molecule has 1 atom stereocenters. The molecule has 1 N–H and O–H groups in total. The lowest BCUT2D eigenvalue weighted by Gasteiger charge is -2.23. The molecule has 0 unspecified atom stereocenters. The predicted octanol–water partition coefficient (Wildman–Crippen LogP) is 4.68. The summed E-state index contributed by atoms with van der Waals surface area (Å²) in [7, 11) is -3.66. The molecule has 0 saturated heterocycles. The quantitative estimate of drug-likeness (QED) is 0.511. The Labute approximate surface area is 189 Å². The van der Waals surface area contributed by atoms with Gasteiger partial charge in [0.25, 0.3) is 0 Å². The van der Waals surface area contributed by atoms with Gasteiger partial charge in [-0.2, -0.15) is 0 Å². The second-order valence-corrected chi connectivity index (χ2v) is 9.47. The zero-order chi connectivity index (χ0) is 23.1. The van der Waals surface area contributed by atoms with Gasteiger partial charge in [-0.05, 0) is 60.9 Å². The summed E-state index contributed by atoms with van der Waals surface area (Å²) in [5.41, 5.74) is 2.57. The summed E-state index contributed by atoms with van der Waals surface area (Å²) in [6.07, 6.45) is 2.03. The van der Waals surface area contributed by atoms with Crippen molar-refractivity contribution >= 4 is 21.6 Å². The summed E-state index contributed by atoms with van der Waals surface area (Å²) in [4.78, 5) is 12.6. The highest BCUT2D eigenvalue weighted by Gasteiger charge is 2.22. The van der Waals surface area contributed by atoms with E-state index >= 15 is 0 Å². The van der Waals surface area contributed by atoms with Crippen molar-refractivity contribution in [2.45, 2.75) is 26.3 Å². The van der Waals surface area contributed by atoms with Crippen molar-refractivity contribution in [2.24, 2.45) is 0 Å². The molecule has 0 aliphatic rings. The van der Waals surface area contributed by atoms with E-state index in [9.17, 15) is 13.2 Å². The Bertz CT molecular complexity index is 1130. The van der Waals surface area contributed by atoms with Crippen LogP contribution in [0.15, 0.2) is 78.9 Å². The van der Waals surface area contributed by atoms with Crippen LogP contribution >= 0.6 is 0 Å². The summed E-state index contributed by atoms with van der Waals surface area (Å²) in [5, 5.41) is 2.88. The van der Waals surface area contributed by atoms with Gasteiger partial charge in [0, 0.05) is 0 Å². The second-order valence-electron chi connectivity index (χ2n) is 7.56. The number of para-hydroxylation sites is 1. The van der Waals surface area contributed by atoms with Crippen molar-refractivity contribution in [3.8, 4) is 11.5 Å². The Balaban J connectivity index is 1.68. The minimum absolute atomic E-state index is 0.239. The summed E-state index contributed by atoms with van der Waals surface area (Å²) in [5.74, 6) is 0.870. The number of amides is 1. The monoisotopic (exact) mass is 452 g/mol. The molecule has 7 heteroatoms. The van der Waals surface area contributed by atoms with Crippen LogP contribution in [0.2, 0.25) is 0 Å². The second kappa shape index (κ2) is 10.3. The number of rotatable bonds is 9. The third-order valence-corrected chi connectivity index (χ3v) is 6.20. The van der Waals surface area contributed by atoms with E-state index in [2.05, 4.69) is 12.2 Å². The van der Waals surface area contributed by atoms with Gasteiger partial charge >= 0.3 is 0 Å². The molecule has 0 radical (unpaired) electrons. The van der Waals surface area contributed by atoms with E-state index in [-0.39, 0.29) is 18.5 Å². The molecule has 3 aromatic carbocycles. The van der Waals surface area contributed by atoms with Crippen LogP contribution < -0.4 is 14.4 Å². The fourth-order valence-electron chi connectivity index (χ4n) is 3.25. The highest BCUT2D eigenvalue weighted by atomic mass is 32.2. The largest absolute Gasteiger partial charge is 0.457 e. The zero-order valence-corrected chi connectivity index (χ0v) is 19.3. The van der Waals surface area contributed by atoms with E-state index in [0.29, 0.717) is 17.2 Å². The Morgan fingerprint density at radius 2 is 1.53 bits per heavy atom. The van der Waals surface area contributed by atoms with Gasteiger partial charge in [0.2, 0.25) is 15.9 Å². The minimum Gasteiger partial charge on any atom is -0.457 e. The van der Waals surface area contributed by atoms with E-state index in [1.807, 2.05) is 61.5 Å². The van der Waals surface area contributed by atoms with E-state index in [0.717, 1.165) is 22.5 Å². The number of nitrogens with zero attached hydrogens (tertiary/aromatic N) is 1. The number of sulfonamides is 1. The summed E-state index contributed by atoms with van der Waals surface area (Å²) >= 11 is 0. The Kier molecular flexibility index (Phi) is 7.53. The van der Waals surface area contributed by atoms with Crippen LogP contribution in [0.5, 0.6) is 11.5 Å². The molecule has 0 saturated carbocycles. The van der Waals surface area contributed by atoms with Crippen LogP contribution in [0, 0.1) is 0 Å². The molecule has 6 nitrogen and oxygen atoms in total. The van der Waals surface area contributed by atoms with Gasteiger partial charge in [0.1, 0.15) is 18.0 Å². The van der Waals surface area contributed by atoms with E-state index in [1.54, 1.807) is 24.3 Å². The molecule has 0 aromatic heterocycles. The highest BCUT2D eigenvalue weighted by Crippen LogP contribution is 2.25. The Morgan fingerprint density at radius 1 is 0.938 bits per heavy atom. The molecule has 0 bridgehead atoms. The first kappa shape index (κ1) is 23.3. The van der Waals surface area contributed by atoms with Crippen molar-refractivity contribution in [3.05, 3.63) is 90.0 Å². The lowest BCUT2D eigenvalue weighted by atomic mass is 10.1. The fraction of sp³-hybridized carbons (Fsp3) is 0.240. The zero-order valence-electron chi connectivity index (χ0n) is 18.5. The molecule has 0 heterocycles. The van der Waals surface area contributed by atoms with Crippen LogP contribution in [0.4, 0.5) is 5.69 Å². The molecule has 168 valence electrons. The SMILES string of the molecule is CCc1ccc([C@H](C)NC(=O)CN(c2ccc(Oc3ccccc3)cc2)S(C)(=O)=O)cc1. The maximum atomic E-state index is 12.6. The Hall–Kier alpha value is -3.32. The standard InChI is InChI=1S/C25H28N2O4S/c1-4-20-10-12-21(13-11-20)19(2)26-25(28)18-27(32(3,29)30)22-14-16-24(17-15-22)31-23-8-6-5-7-9-23/h5-17,19H,4,18H2,1-3H3,(H,26,28)/t19-/m0/s1. The van der Waals surface area contributed by atoms with Gasteiger partial charge in [-0.15, -0.1) is 0 Å². The fourth-order valence-corrected chi connectivity index (χ4v) is 4.10. The van der Waals surface area contributed by atoms with Gasteiger partial charge in [-0.25, -0.2) is 8.42 Å². The molecular weight excluding hydrogens is 424 g/mol. The number of hydrogen-bond donors (Lipinski definition) is 1. The molecule has 0 aliphatic carbocycles. The van der Waals surface area contributed by atoms with Crippen LogP contribution in [-0.4, -0.2) is 27.1 Å². The van der Waals surface area contributed by atoms with E-state index < -0.39 is 10.0 Å². The number of nitrogens with one attached hydrogen (secondary N) is 1. The van der Waals surface area contributed by atoms with Crippen molar-refractivity contribution < 1.29 is 17.9 Å². The predicted molar refractivity (Wildman–Crippen MR) is 128 cm³/mol. The number of hydrogen-bond acceptors (Lipinski definition) is 4. The lowest BCUT2D eigenvalue weighted by Crippen LogP contribution is -2.41. The number of benzene rings is 3. The highest BCUT2D eigenvalue weighted by molar-refractivity contribution is 7.92.